The molecule has 2 aliphatic carbocycles. The van der Waals surface area contributed by atoms with Crippen LogP contribution in [0.3, 0.4) is 0 Å². The molecule has 0 amide bonds. The third-order valence-electron chi connectivity index (χ3n) is 5.44. The summed E-state index contributed by atoms with van der Waals surface area (Å²) in [5.74, 6) is 5.81. The zero-order valence-electron chi connectivity index (χ0n) is 13.3. The van der Waals surface area contributed by atoms with Crippen molar-refractivity contribution in [1.29, 1.82) is 0 Å². The summed E-state index contributed by atoms with van der Waals surface area (Å²) in [4.78, 5) is 0. The molecule has 0 bridgehead atoms. The van der Waals surface area contributed by atoms with Crippen LogP contribution in [0.15, 0.2) is 0 Å². The van der Waals surface area contributed by atoms with Gasteiger partial charge in [0.1, 0.15) is 0 Å². The van der Waals surface area contributed by atoms with Crippen LogP contribution in [0.25, 0.3) is 0 Å². The summed E-state index contributed by atoms with van der Waals surface area (Å²) < 4.78 is 11.5. The van der Waals surface area contributed by atoms with Crippen LogP contribution in [0.5, 0.6) is 0 Å². The van der Waals surface area contributed by atoms with Crippen molar-refractivity contribution in [1.82, 2.24) is 10.3 Å². The van der Waals surface area contributed by atoms with Gasteiger partial charge in [-0.25, -0.2) is 5.01 Å². The SMILES string of the molecule is COC1CC(OC2CCC(NC3CCN(N)CC3)CC2)C1. The van der Waals surface area contributed by atoms with E-state index in [1.165, 1.54) is 38.5 Å². The third-order valence-corrected chi connectivity index (χ3v) is 5.44. The second-order valence-electron chi connectivity index (χ2n) is 7.04. The maximum Gasteiger partial charge on any atom is 0.0628 e. The first kappa shape index (κ1) is 15.7. The lowest BCUT2D eigenvalue weighted by Gasteiger charge is -2.39. The molecular formula is C16H31N3O2. The second kappa shape index (κ2) is 7.38. The molecule has 0 aromatic carbocycles. The monoisotopic (exact) mass is 297 g/mol. The Kier molecular flexibility index (Phi) is 5.51. The van der Waals surface area contributed by atoms with Gasteiger partial charge in [0.15, 0.2) is 0 Å². The van der Waals surface area contributed by atoms with Crippen LogP contribution in [0.2, 0.25) is 0 Å². The molecule has 2 saturated carbocycles. The van der Waals surface area contributed by atoms with Crippen molar-refractivity contribution in [3.63, 3.8) is 0 Å². The molecule has 122 valence electrons. The fourth-order valence-electron chi connectivity index (χ4n) is 3.86. The summed E-state index contributed by atoms with van der Waals surface area (Å²) in [5.41, 5.74) is 0. The van der Waals surface area contributed by atoms with Gasteiger partial charge in [0.25, 0.3) is 0 Å². The first-order chi connectivity index (χ1) is 10.2. The van der Waals surface area contributed by atoms with E-state index in [9.17, 15) is 0 Å². The Bertz CT molecular complexity index is 307. The number of methoxy groups -OCH3 is 1. The summed E-state index contributed by atoms with van der Waals surface area (Å²) in [7, 11) is 1.80. The lowest BCUT2D eigenvalue weighted by atomic mass is 9.89. The number of nitrogens with two attached hydrogens (primary N) is 1. The third kappa shape index (κ3) is 4.39. The van der Waals surface area contributed by atoms with Gasteiger partial charge < -0.3 is 14.8 Å². The van der Waals surface area contributed by atoms with Crippen molar-refractivity contribution in [2.45, 2.75) is 81.8 Å². The molecule has 5 nitrogen and oxygen atoms in total. The highest BCUT2D eigenvalue weighted by Crippen LogP contribution is 2.31. The van der Waals surface area contributed by atoms with E-state index in [0.717, 1.165) is 25.9 Å². The lowest BCUT2D eigenvalue weighted by molar-refractivity contribution is -0.123. The number of hydrogen-bond donors (Lipinski definition) is 2. The molecule has 3 rings (SSSR count). The minimum Gasteiger partial charge on any atom is -0.381 e. The van der Waals surface area contributed by atoms with Gasteiger partial charge in [-0.05, 0) is 51.4 Å². The predicted octanol–water partition coefficient (Wildman–Crippen LogP) is 1.42. The molecule has 0 aromatic rings. The number of hydrazine groups is 1. The minimum atomic E-state index is 0.446. The van der Waals surface area contributed by atoms with Crippen molar-refractivity contribution in [3.05, 3.63) is 0 Å². The zero-order chi connectivity index (χ0) is 14.7. The molecule has 5 heteroatoms. The molecule has 1 saturated heterocycles. The van der Waals surface area contributed by atoms with Crippen LogP contribution in [0, 0.1) is 0 Å². The van der Waals surface area contributed by atoms with Crippen LogP contribution in [0.4, 0.5) is 0 Å². The molecule has 1 aliphatic heterocycles. The maximum absolute atomic E-state index is 6.18. The Morgan fingerprint density at radius 2 is 1.48 bits per heavy atom. The average Bonchev–Trinajstić information content (AvgIpc) is 2.46. The summed E-state index contributed by atoms with van der Waals surface area (Å²) in [5, 5.41) is 5.78. The highest BCUT2D eigenvalue weighted by atomic mass is 16.5. The average molecular weight is 297 g/mol. The second-order valence-corrected chi connectivity index (χ2v) is 7.04. The molecule has 0 unspecified atom stereocenters. The van der Waals surface area contributed by atoms with E-state index >= 15 is 0 Å². The molecule has 0 radical (unpaired) electrons. The number of nitrogens with one attached hydrogen (secondary N) is 1. The first-order valence-corrected chi connectivity index (χ1v) is 8.67. The van der Waals surface area contributed by atoms with Crippen molar-refractivity contribution in [2.75, 3.05) is 20.2 Å². The lowest BCUT2D eigenvalue weighted by Crippen LogP contribution is -2.49. The minimum absolute atomic E-state index is 0.446. The van der Waals surface area contributed by atoms with Gasteiger partial charge in [-0.2, -0.15) is 0 Å². The van der Waals surface area contributed by atoms with Crippen molar-refractivity contribution >= 4 is 0 Å². The molecular weight excluding hydrogens is 266 g/mol. The Morgan fingerprint density at radius 1 is 0.857 bits per heavy atom. The molecule has 0 aromatic heterocycles. The fourth-order valence-corrected chi connectivity index (χ4v) is 3.86. The summed E-state index contributed by atoms with van der Waals surface area (Å²) in [6.07, 6.45) is 10.9. The topological polar surface area (TPSA) is 59.8 Å². The highest BCUT2D eigenvalue weighted by molar-refractivity contribution is 4.86. The number of ether oxygens (including phenoxy) is 2. The van der Waals surface area contributed by atoms with Gasteiger partial charge in [-0.3, -0.25) is 5.84 Å². The Morgan fingerprint density at radius 3 is 2.10 bits per heavy atom. The number of nitrogens with zero attached hydrogens (tertiary/aromatic N) is 1. The molecule has 21 heavy (non-hydrogen) atoms. The summed E-state index contributed by atoms with van der Waals surface area (Å²) in [6, 6.07) is 1.36. The quantitative estimate of drug-likeness (QED) is 0.752. The molecule has 0 atom stereocenters. The smallest absolute Gasteiger partial charge is 0.0628 e. The number of piperidine rings is 1. The first-order valence-electron chi connectivity index (χ1n) is 8.67. The van der Waals surface area contributed by atoms with E-state index in [-0.39, 0.29) is 0 Å². The van der Waals surface area contributed by atoms with Gasteiger partial charge in [0.2, 0.25) is 0 Å². The van der Waals surface area contributed by atoms with E-state index in [0.29, 0.717) is 30.4 Å². The molecule has 3 N–H and O–H groups in total. The van der Waals surface area contributed by atoms with Crippen LogP contribution in [0.1, 0.15) is 51.4 Å². The normalized spacial score (nSPS) is 39.1. The van der Waals surface area contributed by atoms with Crippen LogP contribution in [-0.2, 0) is 9.47 Å². The summed E-state index contributed by atoms with van der Waals surface area (Å²) >= 11 is 0. The maximum atomic E-state index is 6.18. The van der Waals surface area contributed by atoms with Crippen molar-refractivity contribution in [3.8, 4) is 0 Å². The van der Waals surface area contributed by atoms with E-state index in [1.54, 1.807) is 7.11 Å². The van der Waals surface area contributed by atoms with Crippen LogP contribution >= 0.6 is 0 Å². The molecule has 3 aliphatic rings. The summed E-state index contributed by atoms with van der Waals surface area (Å²) in [6.45, 7) is 2.05. The van der Waals surface area contributed by atoms with Crippen molar-refractivity contribution < 1.29 is 9.47 Å². The van der Waals surface area contributed by atoms with E-state index < -0.39 is 0 Å². The van der Waals surface area contributed by atoms with Gasteiger partial charge >= 0.3 is 0 Å². The molecule has 0 spiro atoms. The Labute approximate surface area is 128 Å². The molecule has 1 heterocycles. The van der Waals surface area contributed by atoms with Crippen molar-refractivity contribution in [2.24, 2.45) is 5.84 Å². The highest BCUT2D eigenvalue weighted by Gasteiger charge is 2.33. The van der Waals surface area contributed by atoms with Gasteiger partial charge in [0, 0.05) is 32.3 Å². The van der Waals surface area contributed by atoms with Gasteiger partial charge in [-0.15, -0.1) is 0 Å². The molecule has 3 fully saturated rings. The standard InChI is InChI=1S/C16H31N3O2/c1-20-15-10-16(11-15)21-14-4-2-12(3-5-14)18-13-6-8-19(17)9-7-13/h12-16,18H,2-11,17H2,1H3. The fraction of sp³-hybridized carbons (Fsp3) is 1.00. The van der Waals surface area contributed by atoms with Gasteiger partial charge in [-0.1, -0.05) is 0 Å². The van der Waals surface area contributed by atoms with Gasteiger partial charge in [0.05, 0.1) is 18.3 Å². The predicted molar refractivity (Wildman–Crippen MR) is 82.9 cm³/mol. The van der Waals surface area contributed by atoms with Crippen LogP contribution < -0.4 is 11.2 Å². The number of hydrogen-bond acceptors (Lipinski definition) is 5. The number of rotatable bonds is 5. The largest absolute Gasteiger partial charge is 0.381 e. The van der Waals surface area contributed by atoms with E-state index in [2.05, 4.69) is 5.32 Å². The Hall–Kier alpha value is -0.200. The van der Waals surface area contributed by atoms with E-state index in [1.807, 2.05) is 5.01 Å². The van der Waals surface area contributed by atoms with E-state index in [4.69, 9.17) is 15.3 Å². The Balaban J connectivity index is 1.30. The van der Waals surface area contributed by atoms with Crippen LogP contribution in [-0.4, -0.2) is 55.6 Å². The zero-order valence-corrected chi connectivity index (χ0v) is 13.3.